The molecular formula is C16H20N4. The lowest BCUT2D eigenvalue weighted by Crippen LogP contribution is -2.47. The fourth-order valence-corrected chi connectivity index (χ4v) is 2.70. The molecule has 1 aliphatic rings. The van der Waals surface area contributed by atoms with E-state index < -0.39 is 0 Å². The fourth-order valence-electron chi connectivity index (χ4n) is 2.70. The van der Waals surface area contributed by atoms with Crippen LogP contribution in [0.5, 0.6) is 0 Å². The zero-order chi connectivity index (χ0) is 13.9. The van der Waals surface area contributed by atoms with Crippen LogP contribution in [0.2, 0.25) is 0 Å². The van der Waals surface area contributed by atoms with Crippen molar-refractivity contribution in [2.45, 2.75) is 6.92 Å². The minimum Gasteiger partial charge on any atom is -0.398 e. The van der Waals surface area contributed by atoms with Crippen molar-refractivity contribution in [3.8, 4) is 0 Å². The molecular weight excluding hydrogens is 248 g/mol. The monoisotopic (exact) mass is 268 g/mol. The first kappa shape index (κ1) is 12.8. The van der Waals surface area contributed by atoms with E-state index >= 15 is 0 Å². The summed E-state index contributed by atoms with van der Waals surface area (Å²) in [5, 5.41) is 0. The molecule has 1 fully saturated rings. The molecule has 2 heterocycles. The highest BCUT2D eigenvalue weighted by molar-refractivity contribution is 5.64. The van der Waals surface area contributed by atoms with E-state index in [4.69, 9.17) is 5.73 Å². The lowest BCUT2D eigenvalue weighted by molar-refractivity contribution is 0.646. The highest BCUT2D eigenvalue weighted by Crippen LogP contribution is 2.26. The van der Waals surface area contributed by atoms with E-state index in [1.54, 1.807) is 0 Å². The largest absolute Gasteiger partial charge is 0.398 e. The Hall–Kier alpha value is -2.23. The molecule has 4 nitrogen and oxygen atoms in total. The molecule has 0 amide bonds. The smallest absolute Gasteiger partial charge is 0.128 e. The maximum atomic E-state index is 6.00. The van der Waals surface area contributed by atoms with Crippen molar-refractivity contribution in [3.05, 3.63) is 48.2 Å². The Kier molecular flexibility index (Phi) is 3.46. The minimum atomic E-state index is 0.870. The lowest BCUT2D eigenvalue weighted by Gasteiger charge is -2.37. The summed E-state index contributed by atoms with van der Waals surface area (Å²) < 4.78 is 0. The molecule has 1 aromatic carbocycles. The van der Waals surface area contributed by atoms with Crippen molar-refractivity contribution in [2.24, 2.45) is 0 Å². The van der Waals surface area contributed by atoms with Crippen LogP contribution in [0.3, 0.4) is 0 Å². The van der Waals surface area contributed by atoms with Crippen molar-refractivity contribution in [2.75, 3.05) is 41.7 Å². The Morgan fingerprint density at radius 2 is 1.70 bits per heavy atom. The highest BCUT2D eigenvalue weighted by atomic mass is 15.3. The number of aromatic nitrogens is 1. The average Bonchev–Trinajstić information content (AvgIpc) is 2.51. The van der Waals surface area contributed by atoms with Crippen LogP contribution in [0.15, 0.2) is 42.6 Å². The number of rotatable bonds is 2. The van der Waals surface area contributed by atoms with Crippen molar-refractivity contribution in [1.82, 2.24) is 4.98 Å². The van der Waals surface area contributed by atoms with Gasteiger partial charge in [-0.15, -0.1) is 0 Å². The summed E-state index contributed by atoms with van der Waals surface area (Å²) in [5.41, 5.74) is 9.30. The van der Waals surface area contributed by atoms with Gasteiger partial charge in [0, 0.05) is 43.8 Å². The van der Waals surface area contributed by atoms with Gasteiger partial charge >= 0.3 is 0 Å². The minimum absolute atomic E-state index is 0.870. The first-order valence-electron chi connectivity index (χ1n) is 7.02. The summed E-state index contributed by atoms with van der Waals surface area (Å²) in [6.07, 6.45) is 1.85. The first-order chi connectivity index (χ1) is 9.75. The second-order valence-electron chi connectivity index (χ2n) is 5.15. The Morgan fingerprint density at radius 1 is 0.950 bits per heavy atom. The zero-order valence-electron chi connectivity index (χ0n) is 11.8. The van der Waals surface area contributed by atoms with Crippen molar-refractivity contribution in [1.29, 1.82) is 0 Å². The van der Waals surface area contributed by atoms with Crippen LogP contribution in [-0.4, -0.2) is 31.2 Å². The van der Waals surface area contributed by atoms with Gasteiger partial charge in [0.25, 0.3) is 0 Å². The van der Waals surface area contributed by atoms with E-state index in [0.29, 0.717) is 0 Å². The predicted octanol–water partition coefficient (Wildman–Crippen LogP) is 2.30. The fraction of sp³-hybridized carbons (Fsp3) is 0.312. The van der Waals surface area contributed by atoms with Gasteiger partial charge in [0.05, 0.1) is 0 Å². The molecule has 4 heteroatoms. The quantitative estimate of drug-likeness (QED) is 0.849. The molecule has 20 heavy (non-hydrogen) atoms. The molecule has 3 rings (SSSR count). The van der Waals surface area contributed by atoms with Gasteiger partial charge in [-0.3, -0.25) is 0 Å². The van der Waals surface area contributed by atoms with Gasteiger partial charge in [-0.2, -0.15) is 0 Å². The molecule has 2 aromatic rings. The first-order valence-corrected chi connectivity index (χ1v) is 7.02. The van der Waals surface area contributed by atoms with Crippen LogP contribution < -0.4 is 15.5 Å². The number of benzene rings is 1. The summed E-state index contributed by atoms with van der Waals surface area (Å²) in [5.74, 6) is 1.07. The summed E-state index contributed by atoms with van der Waals surface area (Å²) in [6.45, 7) is 6.08. The van der Waals surface area contributed by atoms with Gasteiger partial charge in [0.15, 0.2) is 0 Å². The molecule has 0 radical (unpaired) electrons. The average molecular weight is 268 g/mol. The molecule has 1 aliphatic heterocycles. The predicted molar refractivity (Wildman–Crippen MR) is 84.3 cm³/mol. The molecule has 1 aromatic heterocycles. The highest BCUT2D eigenvalue weighted by Gasteiger charge is 2.19. The van der Waals surface area contributed by atoms with Crippen molar-refractivity contribution in [3.63, 3.8) is 0 Å². The van der Waals surface area contributed by atoms with E-state index in [0.717, 1.165) is 37.7 Å². The number of nitrogen functional groups attached to an aromatic ring is 1. The molecule has 104 valence electrons. The van der Waals surface area contributed by atoms with Crippen LogP contribution in [0.1, 0.15) is 5.56 Å². The van der Waals surface area contributed by atoms with Crippen molar-refractivity contribution >= 4 is 17.2 Å². The molecule has 0 saturated carbocycles. The third-order valence-electron chi connectivity index (χ3n) is 3.94. The number of hydrogen-bond donors (Lipinski definition) is 1. The Bertz CT molecular complexity index is 574. The summed E-state index contributed by atoms with van der Waals surface area (Å²) in [4.78, 5) is 9.16. The number of pyridine rings is 1. The van der Waals surface area contributed by atoms with E-state index in [-0.39, 0.29) is 0 Å². The molecule has 0 atom stereocenters. The Labute approximate surface area is 119 Å². The van der Waals surface area contributed by atoms with Crippen LogP contribution in [0, 0.1) is 6.92 Å². The summed E-state index contributed by atoms with van der Waals surface area (Å²) in [7, 11) is 0. The van der Waals surface area contributed by atoms with E-state index in [9.17, 15) is 0 Å². The summed E-state index contributed by atoms with van der Waals surface area (Å²) >= 11 is 0. The number of piperazine rings is 1. The van der Waals surface area contributed by atoms with E-state index in [1.165, 1.54) is 11.3 Å². The van der Waals surface area contributed by atoms with Crippen LogP contribution in [-0.2, 0) is 0 Å². The molecule has 0 aliphatic carbocycles. The molecule has 1 saturated heterocycles. The van der Waals surface area contributed by atoms with Gasteiger partial charge in [-0.25, -0.2) is 4.98 Å². The molecule has 0 unspecified atom stereocenters. The number of hydrogen-bond acceptors (Lipinski definition) is 4. The number of nitrogens with two attached hydrogens (primary N) is 1. The Balaban J connectivity index is 1.71. The van der Waals surface area contributed by atoms with Gasteiger partial charge in [-0.05, 0) is 36.8 Å². The zero-order valence-corrected chi connectivity index (χ0v) is 11.8. The number of anilines is 3. The van der Waals surface area contributed by atoms with Crippen LogP contribution in [0.25, 0.3) is 0 Å². The standard InChI is InChI=1S/C16H20N4/c1-13-14(17)5-4-6-15(13)19-9-11-20(12-10-19)16-7-2-3-8-18-16/h2-8H,9-12,17H2,1H3. The second kappa shape index (κ2) is 5.41. The second-order valence-corrected chi connectivity index (χ2v) is 5.15. The molecule has 2 N–H and O–H groups in total. The summed E-state index contributed by atoms with van der Waals surface area (Å²) in [6, 6.07) is 12.2. The van der Waals surface area contributed by atoms with Crippen molar-refractivity contribution < 1.29 is 0 Å². The van der Waals surface area contributed by atoms with Gasteiger partial charge in [-0.1, -0.05) is 12.1 Å². The van der Waals surface area contributed by atoms with E-state index in [1.807, 2.05) is 30.5 Å². The molecule has 0 bridgehead atoms. The normalized spacial score (nSPS) is 15.4. The van der Waals surface area contributed by atoms with Gasteiger partial charge < -0.3 is 15.5 Å². The van der Waals surface area contributed by atoms with E-state index in [2.05, 4.69) is 33.8 Å². The SMILES string of the molecule is Cc1c(N)cccc1N1CCN(c2ccccn2)CC1. The maximum absolute atomic E-state index is 6.00. The third-order valence-corrected chi connectivity index (χ3v) is 3.94. The van der Waals surface area contributed by atoms with Gasteiger partial charge in [0.1, 0.15) is 5.82 Å². The molecule has 0 spiro atoms. The Morgan fingerprint density at radius 3 is 2.40 bits per heavy atom. The van der Waals surface area contributed by atoms with Crippen LogP contribution in [0.4, 0.5) is 17.2 Å². The maximum Gasteiger partial charge on any atom is 0.128 e. The topological polar surface area (TPSA) is 45.4 Å². The van der Waals surface area contributed by atoms with Crippen LogP contribution >= 0.6 is 0 Å². The number of nitrogens with zero attached hydrogens (tertiary/aromatic N) is 3. The third kappa shape index (κ3) is 2.41. The lowest BCUT2D eigenvalue weighted by atomic mass is 10.1. The van der Waals surface area contributed by atoms with Gasteiger partial charge in [0.2, 0.25) is 0 Å².